The third-order valence-electron chi connectivity index (χ3n) is 3.89. The van der Waals surface area contributed by atoms with Gasteiger partial charge in [-0.25, -0.2) is 21.5 Å². The number of rotatable bonds is 5. The van der Waals surface area contributed by atoms with Crippen molar-refractivity contribution in [2.24, 2.45) is 0 Å². The number of halogens is 2. The fourth-order valence-corrected chi connectivity index (χ4v) is 3.16. The van der Waals surface area contributed by atoms with Crippen LogP contribution >= 0.6 is 0 Å². The van der Waals surface area contributed by atoms with E-state index in [1.807, 2.05) is 0 Å². The Morgan fingerprint density at radius 3 is 2.50 bits per heavy atom. The molecule has 142 valence electrons. The van der Waals surface area contributed by atoms with Crippen LogP contribution in [-0.4, -0.2) is 37.3 Å². The predicted octanol–water partition coefficient (Wildman–Crippen LogP) is 1.79. The Labute approximate surface area is 149 Å². The minimum absolute atomic E-state index is 0.330. The molecule has 1 heterocycles. The van der Waals surface area contributed by atoms with Gasteiger partial charge in [-0.05, 0) is 32.0 Å². The lowest BCUT2D eigenvalue weighted by molar-refractivity contribution is -0.142. The van der Waals surface area contributed by atoms with Gasteiger partial charge in [-0.15, -0.1) is 0 Å². The molecule has 0 bridgehead atoms. The Bertz CT molecular complexity index is 911. The molecule has 0 amide bonds. The minimum atomic E-state index is -3.89. The van der Waals surface area contributed by atoms with Crippen molar-refractivity contribution in [3.05, 3.63) is 47.0 Å². The number of nitrogens with zero attached hydrogens (tertiary/aromatic N) is 1. The van der Waals surface area contributed by atoms with Crippen molar-refractivity contribution in [3.8, 4) is 0 Å². The molecule has 0 aliphatic carbocycles. The summed E-state index contributed by atoms with van der Waals surface area (Å²) < 4.78 is 62.9. The summed E-state index contributed by atoms with van der Waals surface area (Å²) in [6.45, 7) is 3.50. The highest BCUT2D eigenvalue weighted by Gasteiger charge is 2.52. The van der Waals surface area contributed by atoms with E-state index in [4.69, 9.17) is 9.47 Å². The average Bonchev–Trinajstić information content (AvgIpc) is 2.81. The molecule has 0 radical (unpaired) electrons. The molecule has 1 aliphatic rings. The van der Waals surface area contributed by atoms with E-state index in [1.165, 1.54) is 6.92 Å². The monoisotopic (exact) mass is 389 g/mol. The average molecular weight is 389 g/mol. The first-order valence-electron chi connectivity index (χ1n) is 7.52. The molecule has 0 aromatic heterocycles. The number of hydrogen-bond acceptors (Lipinski definition) is 6. The van der Waals surface area contributed by atoms with Gasteiger partial charge in [0, 0.05) is 19.5 Å². The molecule has 2 rings (SSSR count). The first kappa shape index (κ1) is 19.8. The molecule has 0 saturated carbocycles. The molecule has 1 atom stereocenters. The Morgan fingerprint density at radius 1 is 1.35 bits per heavy atom. The van der Waals surface area contributed by atoms with Gasteiger partial charge in [0.25, 0.3) is 11.7 Å². The van der Waals surface area contributed by atoms with Crippen molar-refractivity contribution >= 4 is 21.8 Å². The topological polar surface area (TPSA) is 90.0 Å². The van der Waals surface area contributed by atoms with E-state index in [9.17, 15) is 26.8 Å². The van der Waals surface area contributed by atoms with Crippen molar-refractivity contribution in [2.45, 2.75) is 26.4 Å². The summed E-state index contributed by atoms with van der Waals surface area (Å²) in [5, 5.41) is 0. The van der Waals surface area contributed by atoms with Crippen LogP contribution in [0.3, 0.4) is 0 Å². The molecule has 0 N–H and O–H groups in total. The molecule has 26 heavy (non-hydrogen) atoms. The lowest BCUT2D eigenvalue weighted by atomic mass is 9.91. The van der Waals surface area contributed by atoms with Crippen LogP contribution in [0.2, 0.25) is 0 Å². The molecule has 0 spiro atoms. The lowest BCUT2D eigenvalue weighted by Gasteiger charge is -2.26. The van der Waals surface area contributed by atoms with Crippen molar-refractivity contribution < 1.29 is 36.3 Å². The predicted molar refractivity (Wildman–Crippen MR) is 85.8 cm³/mol. The van der Waals surface area contributed by atoms with Gasteiger partial charge in [-0.3, -0.25) is 9.59 Å². The summed E-state index contributed by atoms with van der Waals surface area (Å²) in [6.07, 6.45) is 0. The van der Waals surface area contributed by atoms with Crippen LogP contribution in [0.5, 0.6) is 0 Å². The van der Waals surface area contributed by atoms with Gasteiger partial charge in [-0.1, -0.05) is 0 Å². The normalized spacial score (nSPS) is 20.2. The summed E-state index contributed by atoms with van der Waals surface area (Å²) in [4.78, 5) is 24.1. The molecule has 1 aromatic carbocycles. The summed E-state index contributed by atoms with van der Waals surface area (Å²) in [6, 6.07) is 2.43. The number of sulfonamides is 1. The molecule has 0 saturated heterocycles. The van der Waals surface area contributed by atoms with Crippen LogP contribution in [0, 0.1) is 11.6 Å². The number of ketones is 1. The van der Waals surface area contributed by atoms with Crippen molar-refractivity contribution in [1.29, 1.82) is 0 Å². The first-order chi connectivity index (χ1) is 11.9. The molecule has 0 fully saturated rings. The maximum Gasteiger partial charge on any atom is 0.308 e. The third kappa shape index (κ3) is 3.28. The van der Waals surface area contributed by atoms with Crippen LogP contribution in [0.15, 0.2) is 29.8 Å². The van der Waals surface area contributed by atoms with E-state index >= 15 is 0 Å². The van der Waals surface area contributed by atoms with Crippen LogP contribution in [0.4, 0.5) is 8.78 Å². The molecule has 1 aliphatic heterocycles. The van der Waals surface area contributed by atoms with Crippen molar-refractivity contribution in [3.63, 3.8) is 0 Å². The second-order valence-corrected chi connectivity index (χ2v) is 7.97. The van der Waals surface area contributed by atoms with E-state index in [0.29, 0.717) is 4.31 Å². The Hall–Kier alpha value is -2.49. The van der Waals surface area contributed by atoms with E-state index in [2.05, 4.69) is 0 Å². The van der Waals surface area contributed by atoms with Gasteiger partial charge >= 0.3 is 5.97 Å². The minimum Gasteiger partial charge on any atom is -0.456 e. The van der Waals surface area contributed by atoms with Crippen LogP contribution in [0.25, 0.3) is 0 Å². The van der Waals surface area contributed by atoms with Gasteiger partial charge in [0.15, 0.2) is 0 Å². The maximum absolute atomic E-state index is 14.2. The summed E-state index contributed by atoms with van der Waals surface area (Å²) in [5.41, 5.74) is -2.56. The van der Waals surface area contributed by atoms with Crippen LogP contribution in [0.1, 0.15) is 26.3 Å². The largest absolute Gasteiger partial charge is 0.456 e. The van der Waals surface area contributed by atoms with E-state index < -0.39 is 56.2 Å². The fraction of sp³-hybridized carbons (Fsp3) is 0.375. The highest BCUT2D eigenvalue weighted by Crippen LogP contribution is 2.41. The van der Waals surface area contributed by atoms with E-state index in [-0.39, 0.29) is 5.75 Å². The third-order valence-corrected chi connectivity index (χ3v) is 5.62. The summed E-state index contributed by atoms with van der Waals surface area (Å²) in [7, 11) is -2.79. The Morgan fingerprint density at radius 2 is 1.96 bits per heavy atom. The molecular weight excluding hydrogens is 372 g/mol. The van der Waals surface area contributed by atoms with Gasteiger partial charge in [0.05, 0.1) is 5.75 Å². The Balaban J connectivity index is 2.62. The summed E-state index contributed by atoms with van der Waals surface area (Å²) >= 11 is 0. The molecule has 1 aromatic rings. The highest BCUT2D eigenvalue weighted by molar-refractivity contribution is 7.89. The molecule has 10 heteroatoms. The van der Waals surface area contributed by atoms with Gasteiger partial charge in [-0.2, -0.15) is 0 Å². The van der Waals surface area contributed by atoms with Gasteiger partial charge in [0.2, 0.25) is 21.4 Å². The van der Waals surface area contributed by atoms with Crippen molar-refractivity contribution in [2.75, 3.05) is 12.8 Å². The first-order valence-corrected chi connectivity index (χ1v) is 9.13. The zero-order valence-electron chi connectivity index (χ0n) is 14.5. The van der Waals surface area contributed by atoms with E-state index in [0.717, 1.165) is 39.1 Å². The molecule has 1 unspecified atom stereocenters. The number of carbonyl (C=O) groups excluding carboxylic acids is 2. The fourth-order valence-electron chi connectivity index (χ4n) is 2.40. The standard InChI is InChI=1S/C16H17F2NO6S/c1-5-26(22,23)19(4)15-13(24-9(2)20)14(21)16(3,25-15)11-8-10(17)6-7-12(11)18/h6-8H,5H2,1-4H3. The Kier molecular flexibility index (Phi) is 5.09. The van der Waals surface area contributed by atoms with Gasteiger partial charge < -0.3 is 9.47 Å². The van der Waals surface area contributed by atoms with Crippen LogP contribution < -0.4 is 0 Å². The number of carbonyl (C=O) groups is 2. The number of Topliss-reactive ketones (excluding diaryl/α,β-unsaturated/α-hetero) is 1. The number of hydrogen-bond donors (Lipinski definition) is 0. The lowest BCUT2D eigenvalue weighted by Crippen LogP contribution is -2.34. The maximum atomic E-state index is 14.2. The second kappa shape index (κ2) is 6.67. The van der Waals surface area contributed by atoms with E-state index in [1.54, 1.807) is 0 Å². The zero-order chi connectivity index (χ0) is 19.9. The highest BCUT2D eigenvalue weighted by atomic mass is 32.2. The quantitative estimate of drug-likeness (QED) is 0.714. The molecular formula is C16H17F2NO6S. The van der Waals surface area contributed by atoms with Crippen molar-refractivity contribution in [1.82, 2.24) is 4.31 Å². The smallest absolute Gasteiger partial charge is 0.308 e. The number of ether oxygens (including phenoxy) is 2. The van der Waals surface area contributed by atoms with Gasteiger partial charge in [0.1, 0.15) is 11.6 Å². The summed E-state index contributed by atoms with van der Waals surface area (Å²) in [5.74, 6) is -5.27. The van der Waals surface area contributed by atoms with Crippen LogP contribution in [-0.2, 0) is 34.7 Å². The zero-order valence-corrected chi connectivity index (χ0v) is 15.3. The SMILES string of the molecule is CCS(=O)(=O)N(C)C1=C(OC(C)=O)C(=O)C(C)(c2cc(F)ccc2F)O1. The number of esters is 1. The molecule has 7 nitrogen and oxygen atoms in total. The second-order valence-electron chi connectivity index (χ2n) is 5.68. The number of benzene rings is 1.